The van der Waals surface area contributed by atoms with Gasteiger partial charge in [0.15, 0.2) is 0 Å². The quantitative estimate of drug-likeness (QED) is 0.788. The molecule has 0 saturated carbocycles. The Morgan fingerprint density at radius 2 is 1.73 bits per heavy atom. The fourth-order valence-corrected chi connectivity index (χ4v) is 4.63. The van der Waals surface area contributed by atoms with E-state index in [-0.39, 0.29) is 0 Å². The molecule has 8 nitrogen and oxygen atoms in total. The van der Waals surface area contributed by atoms with Crippen LogP contribution in [0.1, 0.15) is 18.1 Å². The van der Waals surface area contributed by atoms with Gasteiger partial charge in [0.1, 0.15) is 0 Å². The van der Waals surface area contributed by atoms with Crippen molar-refractivity contribution in [2.75, 3.05) is 33.2 Å². The topological polar surface area (TPSA) is 98.8 Å². The number of aryl methyl sites for hydroxylation is 2. The summed E-state index contributed by atoms with van der Waals surface area (Å²) >= 11 is 0. The van der Waals surface area contributed by atoms with E-state index in [0.717, 1.165) is 11.1 Å². The SMILES string of the molecule is CNC(=O)NC(=O)[C@H](C)N1CCN(S(=O)(=O)c2ccc(C)cc2C)CC1. The number of amides is 3. The molecule has 2 rings (SSSR count). The first-order chi connectivity index (χ1) is 12.2. The molecule has 26 heavy (non-hydrogen) atoms. The van der Waals surface area contributed by atoms with Gasteiger partial charge < -0.3 is 5.32 Å². The largest absolute Gasteiger partial charge is 0.341 e. The lowest BCUT2D eigenvalue weighted by molar-refractivity contribution is -0.125. The average Bonchev–Trinajstić information content (AvgIpc) is 2.60. The first kappa shape index (κ1) is 20.3. The number of benzene rings is 1. The van der Waals surface area contributed by atoms with Crippen LogP contribution in [0.2, 0.25) is 0 Å². The van der Waals surface area contributed by atoms with Gasteiger partial charge in [-0.1, -0.05) is 17.7 Å². The van der Waals surface area contributed by atoms with Crippen LogP contribution in [0, 0.1) is 13.8 Å². The lowest BCUT2D eigenvalue weighted by Gasteiger charge is -2.36. The number of rotatable bonds is 4. The maximum Gasteiger partial charge on any atom is 0.321 e. The molecule has 0 spiro atoms. The van der Waals surface area contributed by atoms with Crippen LogP contribution in [0.4, 0.5) is 4.79 Å². The highest BCUT2D eigenvalue weighted by molar-refractivity contribution is 7.89. The van der Waals surface area contributed by atoms with Crippen molar-refractivity contribution in [3.05, 3.63) is 29.3 Å². The monoisotopic (exact) mass is 382 g/mol. The van der Waals surface area contributed by atoms with Crippen LogP contribution in [0.15, 0.2) is 23.1 Å². The van der Waals surface area contributed by atoms with Crippen LogP contribution in [-0.4, -0.2) is 68.8 Å². The van der Waals surface area contributed by atoms with Gasteiger partial charge >= 0.3 is 6.03 Å². The summed E-state index contributed by atoms with van der Waals surface area (Å²) in [6, 6.07) is 4.22. The van der Waals surface area contributed by atoms with Crippen molar-refractivity contribution in [1.82, 2.24) is 19.8 Å². The molecule has 0 radical (unpaired) electrons. The fourth-order valence-electron chi connectivity index (χ4n) is 3.00. The van der Waals surface area contributed by atoms with Crippen LogP contribution in [0.25, 0.3) is 0 Å². The molecule has 3 amide bonds. The van der Waals surface area contributed by atoms with E-state index in [1.54, 1.807) is 26.0 Å². The van der Waals surface area contributed by atoms with Crippen molar-refractivity contribution in [1.29, 1.82) is 0 Å². The fraction of sp³-hybridized carbons (Fsp3) is 0.529. The zero-order chi connectivity index (χ0) is 19.5. The highest BCUT2D eigenvalue weighted by Gasteiger charge is 2.32. The second kappa shape index (κ2) is 8.15. The van der Waals surface area contributed by atoms with Crippen molar-refractivity contribution >= 4 is 22.0 Å². The number of nitrogens with one attached hydrogen (secondary N) is 2. The van der Waals surface area contributed by atoms with Crippen LogP contribution in [-0.2, 0) is 14.8 Å². The van der Waals surface area contributed by atoms with Crippen LogP contribution < -0.4 is 10.6 Å². The second-order valence-corrected chi connectivity index (χ2v) is 8.36. The third-order valence-electron chi connectivity index (χ3n) is 4.61. The molecule has 144 valence electrons. The molecule has 0 unspecified atom stereocenters. The summed E-state index contributed by atoms with van der Waals surface area (Å²) in [5.41, 5.74) is 1.74. The molecule has 1 fully saturated rings. The Morgan fingerprint density at radius 3 is 2.27 bits per heavy atom. The Morgan fingerprint density at radius 1 is 1.12 bits per heavy atom. The van der Waals surface area contributed by atoms with Crippen LogP contribution in [0.5, 0.6) is 0 Å². The summed E-state index contributed by atoms with van der Waals surface area (Å²) in [4.78, 5) is 25.5. The molecule has 1 heterocycles. The Labute approximate surface area is 154 Å². The van der Waals surface area contributed by atoms with E-state index in [9.17, 15) is 18.0 Å². The third-order valence-corrected chi connectivity index (χ3v) is 6.67. The molecule has 1 aliphatic rings. The molecule has 1 atom stereocenters. The maximum absolute atomic E-state index is 12.9. The number of carbonyl (C=O) groups excluding carboxylic acids is 2. The zero-order valence-corrected chi connectivity index (χ0v) is 16.4. The van der Waals surface area contributed by atoms with Gasteiger partial charge in [0, 0.05) is 33.2 Å². The van der Waals surface area contributed by atoms with E-state index in [0.29, 0.717) is 31.1 Å². The summed E-state index contributed by atoms with van der Waals surface area (Å²) in [5, 5.41) is 4.58. The van der Waals surface area contributed by atoms with Crippen molar-refractivity contribution in [3.8, 4) is 0 Å². The normalized spacial score (nSPS) is 17.5. The van der Waals surface area contributed by atoms with E-state index in [4.69, 9.17) is 0 Å². The van der Waals surface area contributed by atoms with Gasteiger partial charge in [-0.2, -0.15) is 4.31 Å². The standard InChI is InChI=1S/C17H26N4O4S/c1-12-5-6-15(13(2)11-12)26(24,25)21-9-7-20(8-10-21)14(3)16(22)19-17(23)18-4/h5-6,11,14H,7-10H2,1-4H3,(H2,18,19,22,23)/t14-/m0/s1. The first-order valence-electron chi connectivity index (χ1n) is 8.51. The lowest BCUT2D eigenvalue weighted by Crippen LogP contribution is -2.56. The lowest BCUT2D eigenvalue weighted by atomic mass is 10.2. The predicted molar refractivity (Wildman–Crippen MR) is 98.3 cm³/mol. The molecule has 1 aromatic carbocycles. The van der Waals surface area contributed by atoms with Crippen molar-refractivity contribution in [2.45, 2.75) is 31.7 Å². The highest BCUT2D eigenvalue weighted by atomic mass is 32.2. The van der Waals surface area contributed by atoms with E-state index in [2.05, 4.69) is 10.6 Å². The van der Waals surface area contributed by atoms with Crippen molar-refractivity contribution in [2.24, 2.45) is 0 Å². The molecule has 2 N–H and O–H groups in total. The number of sulfonamides is 1. The summed E-state index contributed by atoms with van der Waals surface area (Å²) in [7, 11) is -2.13. The Hall–Kier alpha value is -1.97. The smallest absolute Gasteiger partial charge is 0.321 e. The zero-order valence-electron chi connectivity index (χ0n) is 15.6. The molecule has 1 aromatic rings. The summed E-state index contributed by atoms with van der Waals surface area (Å²) in [5.74, 6) is -0.407. The molecule has 1 aliphatic heterocycles. The minimum absolute atomic E-state index is 0.299. The molecule has 0 aromatic heterocycles. The van der Waals surface area contributed by atoms with Crippen molar-refractivity contribution in [3.63, 3.8) is 0 Å². The predicted octanol–water partition coefficient (Wildman–Crippen LogP) is 0.454. The van der Waals surface area contributed by atoms with E-state index in [1.165, 1.54) is 11.4 Å². The van der Waals surface area contributed by atoms with Gasteiger partial charge in [0.05, 0.1) is 10.9 Å². The molecule has 1 saturated heterocycles. The van der Waals surface area contributed by atoms with E-state index >= 15 is 0 Å². The van der Waals surface area contributed by atoms with Gasteiger partial charge in [-0.05, 0) is 32.4 Å². The summed E-state index contributed by atoms with van der Waals surface area (Å²) in [6.07, 6.45) is 0. The number of hydrogen-bond donors (Lipinski definition) is 2. The molecular formula is C17H26N4O4S. The van der Waals surface area contributed by atoms with Gasteiger partial charge in [0.25, 0.3) is 0 Å². The number of urea groups is 1. The number of piperazine rings is 1. The molecule has 9 heteroatoms. The van der Waals surface area contributed by atoms with Crippen molar-refractivity contribution < 1.29 is 18.0 Å². The minimum Gasteiger partial charge on any atom is -0.341 e. The average molecular weight is 382 g/mol. The number of nitrogens with zero attached hydrogens (tertiary/aromatic N) is 2. The van der Waals surface area contributed by atoms with E-state index in [1.807, 2.05) is 17.9 Å². The number of hydrogen-bond acceptors (Lipinski definition) is 5. The van der Waals surface area contributed by atoms with Gasteiger partial charge in [-0.3, -0.25) is 15.0 Å². The highest BCUT2D eigenvalue weighted by Crippen LogP contribution is 2.22. The van der Waals surface area contributed by atoms with Gasteiger partial charge in [0.2, 0.25) is 15.9 Å². The molecule has 0 bridgehead atoms. The Bertz CT molecular complexity index is 786. The maximum atomic E-state index is 12.9. The van der Waals surface area contributed by atoms with Gasteiger partial charge in [-0.25, -0.2) is 13.2 Å². The minimum atomic E-state index is -3.56. The summed E-state index contributed by atoms with van der Waals surface area (Å²) in [6.45, 7) is 6.86. The Balaban J connectivity index is 2.03. The second-order valence-electron chi connectivity index (χ2n) is 6.45. The summed E-state index contributed by atoms with van der Waals surface area (Å²) < 4.78 is 27.2. The van der Waals surface area contributed by atoms with E-state index < -0.39 is 28.0 Å². The Kier molecular flexibility index (Phi) is 6.38. The number of carbonyl (C=O) groups is 2. The molecule has 0 aliphatic carbocycles. The van der Waals surface area contributed by atoms with Crippen LogP contribution in [0.3, 0.4) is 0 Å². The van der Waals surface area contributed by atoms with Crippen LogP contribution >= 0.6 is 0 Å². The third kappa shape index (κ3) is 4.40. The van der Waals surface area contributed by atoms with Gasteiger partial charge in [-0.15, -0.1) is 0 Å². The molecular weight excluding hydrogens is 356 g/mol. The first-order valence-corrected chi connectivity index (χ1v) is 9.95. The number of imide groups is 1.